The summed E-state index contributed by atoms with van der Waals surface area (Å²) in [6.07, 6.45) is 0.499. The maximum Gasteiger partial charge on any atom is 0.255 e. The molecular weight excluding hydrogens is 222 g/mol. The molecule has 0 aliphatic heterocycles. The lowest BCUT2D eigenvalue weighted by molar-refractivity contribution is 0.0517. The average Bonchev–Trinajstić information content (AvgIpc) is 2.29. The number of carbonyl (C=O) groups is 1. The molecule has 0 saturated carbocycles. The van der Waals surface area contributed by atoms with Crippen molar-refractivity contribution in [2.24, 2.45) is 0 Å². The summed E-state index contributed by atoms with van der Waals surface area (Å²) in [5.74, 6) is -0.848. The van der Waals surface area contributed by atoms with Gasteiger partial charge >= 0.3 is 0 Å². The Morgan fingerprint density at radius 3 is 2.65 bits per heavy atom. The van der Waals surface area contributed by atoms with E-state index in [0.29, 0.717) is 6.42 Å². The van der Waals surface area contributed by atoms with Crippen molar-refractivity contribution in [2.75, 3.05) is 6.54 Å². The van der Waals surface area contributed by atoms with Crippen LogP contribution < -0.4 is 5.32 Å². The van der Waals surface area contributed by atoms with Gasteiger partial charge in [-0.3, -0.25) is 4.79 Å². The molecule has 0 aromatic heterocycles. The zero-order valence-corrected chi connectivity index (χ0v) is 9.90. The van der Waals surface area contributed by atoms with Crippen LogP contribution in [0, 0.1) is 0 Å². The zero-order valence-electron chi connectivity index (χ0n) is 9.90. The molecular formula is C12H17NO4. The van der Waals surface area contributed by atoms with E-state index in [1.54, 1.807) is 13.8 Å². The van der Waals surface area contributed by atoms with Crippen LogP contribution in [0.1, 0.15) is 30.6 Å². The van der Waals surface area contributed by atoms with Gasteiger partial charge in [-0.25, -0.2) is 0 Å². The van der Waals surface area contributed by atoms with Gasteiger partial charge in [0.1, 0.15) is 11.5 Å². The fraction of sp³-hybridized carbons (Fsp3) is 0.417. The number of benzene rings is 1. The Kier molecular flexibility index (Phi) is 3.96. The van der Waals surface area contributed by atoms with Gasteiger partial charge in [-0.15, -0.1) is 0 Å². The van der Waals surface area contributed by atoms with E-state index in [4.69, 9.17) is 0 Å². The number of hydrogen-bond donors (Lipinski definition) is 4. The largest absolute Gasteiger partial charge is 0.508 e. The number of carbonyl (C=O) groups excluding carboxylic acids is 1. The van der Waals surface area contributed by atoms with Gasteiger partial charge in [0.2, 0.25) is 0 Å². The van der Waals surface area contributed by atoms with Crippen LogP contribution in [-0.2, 0) is 0 Å². The molecule has 0 bridgehead atoms. The van der Waals surface area contributed by atoms with Crippen molar-refractivity contribution in [2.45, 2.75) is 25.9 Å². The molecule has 0 aliphatic carbocycles. The Morgan fingerprint density at radius 2 is 2.06 bits per heavy atom. The number of amides is 1. The molecule has 1 aromatic rings. The van der Waals surface area contributed by atoms with E-state index < -0.39 is 11.5 Å². The van der Waals surface area contributed by atoms with Crippen LogP contribution in [0.5, 0.6) is 11.5 Å². The summed E-state index contributed by atoms with van der Waals surface area (Å²) in [4.78, 5) is 11.7. The number of hydrogen-bond acceptors (Lipinski definition) is 4. The minimum Gasteiger partial charge on any atom is -0.508 e. The molecule has 0 heterocycles. The lowest BCUT2D eigenvalue weighted by Crippen LogP contribution is -2.40. The van der Waals surface area contributed by atoms with Crippen molar-refractivity contribution in [3.63, 3.8) is 0 Å². The van der Waals surface area contributed by atoms with Crippen LogP contribution in [0.2, 0.25) is 0 Å². The van der Waals surface area contributed by atoms with Gasteiger partial charge in [0, 0.05) is 6.54 Å². The van der Waals surface area contributed by atoms with Gasteiger partial charge in [-0.2, -0.15) is 0 Å². The topological polar surface area (TPSA) is 89.8 Å². The second-order valence-corrected chi connectivity index (χ2v) is 4.23. The summed E-state index contributed by atoms with van der Waals surface area (Å²) < 4.78 is 0. The van der Waals surface area contributed by atoms with Crippen LogP contribution >= 0.6 is 0 Å². The second kappa shape index (κ2) is 5.05. The number of rotatable bonds is 4. The molecule has 1 aromatic carbocycles. The number of phenolic OH excluding ortho intramolecular Hbond substituents is 2. The van der Waals surface area contributed by atoms with Crippen LogP contribution in [0.3, 0.4) is 0 Å². The molecule has 5 nitrogen and oxygen atoms in total. The van der Waals surface area contributed by atoms with E-state index in [-0.39, 0.29) is 23.6 Å². The van der Waals surface area contributed by atoms with E-state index in [9.17, 15) is 20.1 Å². The van der Waals surface area contributed by atoms with E-state index in [1.807, 2.05) is 0 Å². The third-order valence-corrected chi connectivity index (χ3v) is 2.62. The van der Waals surface area contributed by atoms with Crippen molar-refractivity contribution in [1.82, 2.24) is 5.32 Å². The van der Waals surface area contributed by atoms with Crippen LogP contribution in [-0.4, -0.2) is 33.4 Å². The summed E-state index contributed by atoms with van der Waals surface area (Å²) >= 11 is 0. The molecule has 0 radical (unpaired) electrons. The van der Waals surface area contributed by atoms with Gasteiger partial charge < -0.3 is 20.6 Å². The van der Waals surface area contributed by atoms with Crippen molar-refractivity contribution in [3.05, 3.63) is 23.8 Å². The number of aromatic hydroxyl groups is 2. The molecule has 1 unspecified atom stereocenters. The van der Waals surface area contributed by atoms with Crippen LogP contribution in [0.15, 0.2) is 18.2 Å². The molecule has 94 valence electrons. The molecule has 5 heteroatoms. The first-order chi connectivity index (χ1) is 7.85. The minimum atomic E-state index is -0.984. The van der Waals surface area contributed by atoms with Gasteiger partial charge in [-0.05, 0) is 31.5 Å². The highest BCUT2D eigenvalue weighted by Crippen LogP contribution is 2.21. The molecule has 1 amide bonds. The molecule has 1 rings (SSSR count). The van der Waals surface area contributed by atoms with E-state index in [0.717, 1.165) is 0 Å². The molecule has 0 saturated heterocycles. The first-order valence-corrected chi connectivity index (χ1v) is 5.38. The Morgan fingerprint density at radius 1 is 1.41 bits per heavy atom. The smallest absolute Gasteiger partial charge is 0.255 e. The summed E-state index contributed by atoms with van der Waals surface area (Å²) in [5.41, 5.74) is -1.00. The highest BCUT2D eigenvalue weighted by atomic mass is 16.3. The minimum absolute atomic E-state index is 0.0168. The standard InChI is InChI=1S/C12H17NO4/c1-3-12(2,17)7-13-11(16)9-6-8(14)4-5-10(9)15/h4-6,14-15,17H,3,7H2,1-2H3,(H,13,16). The van der Waals surface area contributed by atoms with Gasteiger partial charge in [0.05, 0.1) is 11.2 Å². The Hall–Kier alpha value is -1.75. The fourth-order valence-corrected chi connectivity index (χ4v) is 1.20. The molecule has 0 fully saturated rings. The third kappa shape index (κ3) is 3.64. The van der Waals surface area contributed by atoms with Crippen LogP contribution in [0.25, 0.3) is 0 Å². The van der Waals surface area contributed by atoms with E-state index in [1.165, 1.54) is 18.2 Å². The maximum atomic E-state index is 11.7. The number of nitrogens with one attached hydrogen (secondary N) is 1. The quantitative estimate of drug-likeness (QED) is 0.590. The van der Waals surface area contributed by atoms with Crippen LogP contribution in [0.4, 0.5) is 0 Å². The second-order valence-electron chi connectivity index (χ2n) is 4.23. The highest BCUT2D eigenvalue weighted by molar-refractivity contribution is 5.97. The van der Waals surface area contributed by atoms with E-state index in [2.05, 4.69) is 5.32 Å². The van der Waals surface area contributed by atoms with Gasteiger partial charge in [-0.1, -0.05) is 6.92 Å². The summed E-state index contributed by atoms with van der Waals surface area (Å²) in [6, 6.07) is 3.70. The van der Waals surface area contributed by atoms with Gasteiger partial charge in [0.25, 0.3) is 5.91 Å². The monoisotopic (exact) mass is 239 g/mol. The normalized spacial score (nSPS) is 14.1. The molecule has 4 N–H and O–H groups in total. The fourth-order valence-electron chi connectivity index (χ4n) is 1.20. The number of phenols is 2. The summed E-state index contributed by atoms with van der Waals surface area (Å²) in [7, 11) is 0. The van der Waals surface area contributed by atoms with Crippen molar-refractivity contribution in [1.29, 1.82) is 0 Å². The zero-order chi connectivity index (χ0) is 13.1. The lowest BCUT2D eigenvalue weighted by atomic mass is 10.0. The molecule has 0 aliphatic rings. The predicted molar refractivity (Wildman–Crippen MR) is 63.0 cm³/mol. The summed E-state index contributed by atoms with van der Waals surface area (Å²) in [6.45, 7) is 3.49. The Bertz CT molecular complexity index is 415. The molecule has 0 spiro atoms. The maximum absolute atomic E-state index is 11.7. The highest BCUT2D eigenvalue weighted by Gasteiger charge is 2.20. The molecule has 1 atom stereocenters. The van der Waals surface area contributed by atoms with Gasteiger partial charge in [0.15, 0.2) is 0 Å². The SMILES string of the molecule is CCC(C)(O)CNC(=O)c1cc(O)ccc1O. The van der Waals surface area contributed by atoms with Crippen molar-refractivity contribution < 1.29 is 20.1 Å². The van der Waals surface area contributed by atoms with E-state index >= 15 is 0 Å². The number of aliphatic hydroxyl groups is 1. The molecule has 17 heavy (non-hydrogen) atoms. The summed E-state index contributed by atoms with van der Waals surface area (Å²) in [5, 5.41) is 30.9. The Balaban J connectivity index is 2.74. The first kappa shape index (κ1) is 13.3. The Labute approximate surface area is 99.7 Å². The first-order valence-electron chi connectivity index (χ1n) is 5.38. The third-order valence-electron chi connectivity index (χ3n) is 2.62. The van der Waals surface area contributed by atoms with Crippen molar-refractivity contribution in [3.8, 4) is 11.5 Å². The predicted octanol–water partition coefficient (Wildman–Crippen LogP) is 0.989. The lowest BCUT2D eigenvalue weighted by Gasteiger charge is -2.21. The van der Waals surface area contributed by atoms with Crippen molar-refractivity contribution >= 4 is 5.91 Å². The average molecular weight is 239 g/mol.